The summed E-state index contributed by atoms with van der Waals surface area (Å²) in [7, 11) is 1.75. The molecule has 1 fully saturated rings. The van der Waals surface area contributed by atoms with Crippen LogP contribution in [0, 0.1) is 5.82 Å². The molecule has 1 amide bonds. The number of piperazine rings is 1. The van der Waals surface area contributed by atoms with Crippen LogP contribution in [0.2, 0.25) is 0 Å². The molecule has 2 N–H and O–H groups in total. The van der Waals surface area contributed by atoms with Crippen LogP contribution in [0.15, 0.2) is 42.6 Å². The largest absolute Gasteiger partial charge is 0.368 e. The minimum absolute atomic E-state index is 0. The molecule has 3 rings (SSSR count). The lowest BCUT2D eigenvalue weighted by molar-refractivity contribution is -0.120. The van der Waals surface area contributed by atoms with Crippen molar-refractivity contribution in [3.05, 3.63) is 54.0 Å². The highest BCUT2D eigenvalue weighted by molar-refractivity contribution is 5.85. The van der Waals surface area contributed by atoms with Crippen molar-refractivity contribution in [1.29, 1.82) is 0 Å². The van der Waals surface area contributed by atoms with Crippen LogP contribution in [-0.2, 0) is 11.3 Å². The number of nitrogens with zero attached hydrogens (tertiary/aromatic N) is 3. The fraction of sp³-hybridized carbons (Fsp3) is 0.368. The molecule has 1 aromatic heterocycles. The molecule has 0 unspecified atom stereocenters. The number of halogens is 2. The number of amides is 1. The SMILES string of the molecule is CNCC(=O)NCc1ccnc(N2CCN(c3ccc(F)cc3)CC2)c1.Cl. The summed E-state index contributed by atoms with van der Waals surface area (Å²) in [4.78, 5) is 20.5. The van der Waals surface area contributed by atoms with Crippen molar-refractivity contribution in [3.63, 3.8) is 0 Å². The van der Waals surface area contributed by atoms with Crippen LogP contribution < -0.4 is 20.4 Å². The van der Waals surface area contributed by atoms with E-state index < -0.39 is 0 Å². The lowest BCUT2D eigenvalue weighted by Gasteiger charge is -2.36. The molecule has 1 saturated heterocycles. The number of pyridine rings is 1. The quantitative estimate of drug-likeness (QED) is 0.783. The van der Waals surface area contributed by atoms with Gasteiger partial charge in [-0.2, -0.15) is 0 Å². The first-order valence-electron chi connectivity index (χ1n) is 8.77. The molecule has 0 spiro atoms. The van der Waals surface area contributed by atoms with E-state index >= 15 is 0 Å². The molecule has 27 heavy (non-hydrogen) atoms. The predicted octanol–water partition coefficient (Wildman–Crippen LogP) is 1.80. The van der Waals surface area contributed by atoms with Crippen molar-refractivity contribution in [2.45, 2.75) is 6.54 Å². The lowest BCUT2D eigenvalue weighted by Crippen LogP contribution is -2.46. The number of aromatic nitrogens is 1. The van der Waals surface area contributed by atoms with Crippen molar-refractivity contribution in [3.8, 4) is 0 Å². The van der Waals surface area contributed by atoms with Crippen LogP contribution >= 0.6 is 12.4 Å². The smallest absolute Gasteiger partial charge is 0.234 e. The minimum atomic E-state index is -0.213. The number of rotatable bonds is 6. The van der Waals surface area contributed by atoms with Gasteiger partial charge in [0.15, 0.2) is 0 Å². The van der Waals surface area contributed by atoms with E-state index in [4.69, 9.17) is 0 Å². The zero-order valence-electron chi connectivity index (χ0n) is 15.3. The van der Waals surface area contributed by atoms with Crippen LogP contribution in [0.25, 0.3) is 0 Å². The highest BCUT2D eigenvalue weighted by atomic mass is 35.5. The van der Waals surface area contributed by atoms with Crippen molar-refractivity contribution in [2.75, 3.05) is 49.6 Å². The normalized spacial score (nSPS) is 13.9. The molecule has 2 aromatic rings. The number of hydrogen-bond donors (Lipinski definition) is 2. The number of likely N-dealkylation sites (N-methyl/N-ethyl adjacent to an activating group) is 1. The molecule has 8 heteroatoms. The Labute approximate surface area is 165 Å². The molecule has 0 atom stereocenters. The van der Waals surface area contributed by atoms with Crippen molar-refractivity contribution in [2.24, 2.45) is 0 Å². The van der Waals surface area contributed by atoms with Gasteiger partial charge in [0.05, 0.1) is 6.54 Å². The van der Waals surface area contributed by atoms with Gasteiger partial charge < -0.3 is 20.4 Å². The molecule has 0 aliphatic carbocycles. The number of benzene rings is 1. The summed E-state index contributed by atoms with van der Waals surface area (Å²) in [6.45, 7) is 4.21. The standard InChI is InChI=1S/C19H24FN5O.ClH/c1-21-14-19(26)23-13-15-6-7-22-18(12-15)25-10-8-24(9-11-25)17-4-2-16(20)3-5-17;/h2-7,12,21H,8-11,13-14H2,1H3,(H,23,26);1H. The van der Waals surface area contributed by atoms with E-state index in [9.17, 15) is 9.18 Å². The number of carbonyl (C=O) groups is 1. The van der Waals surface area contributed by atoms with Crippen molar-refractivity contribution < 1.29 is 9.18 Å². The van der Waals surface area contributed by atoms with Gasteiger partial charge in [0.1, 0.15) is 11.6 Å². The maximum absolute atomic E-state index is 13.1. The van der Waals surface area contributed by atoms with Gasteiger partial charge >= 0.3 is 0 Å². The van der Waals surface area contributed by atoms with Crippen molar-refractivity contribution >= 4 is 29.8 Å². The second-order valence-corrected chi connectivity index (χ2v) is 6.28. The van der Waals surface area contributed by atoms with Gasteiger partial charge in [-0.1, -0.05) is 0 Å². The van der Waals surface area contributed by atoms with Crippen LogP contribution in [0.3, 0.4) is 0 Å². The average Bonchev–Trinajstić information content (AvgIpc) is 2.68. The number of nitrogens with one attached hydrogen (secondary N) is 2. The fourth-order valence-electron chi connectivity index (χ4n) is 3.01. The van der Waals surface area contributed by atoms with Crippen LogP contribution in [0.5, 0.6) is 0 Å². The number of hydrogen-bond acceptors (Lipinski definition) is 5. The summed E-state index contributed by atoms with van der Waals surface area (Å²) >= 11 is 0. The minimum Gasteiger partial charge on any atom is -0.368 e. The first-order valence-corrected chi connectivity index (χ1v) is 8.77. The zero-order chi connectivity index (χ0) is 18.4. The number of anilines is 2. The fourth-order valence-corrected chi connectivity index (χ4v) is 3.01. The van der Waals surface area contributed by atoms with Gasteiger partial charge in [0, 0.05) is 44.6 Å². The Morgan fingerprint density at radius 1 is 1.11 bits per heavy atom. The monoisotopic (exact) mass is 393 g/mol. The molecular formula is C19H25ClFN5O. The Morgan fingerprint density at radius 3 is 2.44 bits per heavy atom. The van der Waals surface area contributed by atoms with Gasteiger partial charge in [-0.15, -0.1) is 12.4 Å². The van der Waals surface area contributed by atoms with Gasteiger partial charge in [-0.3, -0.25) is 4.79 Å². The Balaban J connectivity index is 0.00000261. The summed E-state index contributed by atoms with van der Waals surface area (Å²) in [6, 6.07) is 10.6. The Kier molecular flexibility index (Phi) is 7.82. The third kappa shape index (κ3) is 5.80. The summed E-state index contributed by atoms with van der Waals surface area (Å²) < 4.78 is 13.1. The molecule has 1 aromatic carbocycles. The van der Waals surface area contributed by atoms with Gasteiger partial charge in [-0.25, -0.2) is 9.37 Å². The van der Waals surface area contributed by atoms with Crippen molar-refractivity contribution in [1.82, 2.24) is 15.6 Å². The van der Waals surface area contributed by atoms with Crippen LogP contribution in [0.4, 0.5) is 15.9 Å². The molecule has 1 aliphatic rings. The molecular weight excluding hydrogens is 369 g/mol. The topological polar surface area (TPSA) is 60.5 Å². The summed E-state index contributed by atoms with van der Waals surface area (Å²) in [5, 5.41) is 5.71. The van der Waals surface area contributed by atoms with E-state index in [1.165, 1.54) is 12.1 Å². The molecule has 146 valence electrons. The second kappa shape index (κ2) is 10.1. The number of carbonyl (C=O) groups excluding carboxylic acids is 1. The molecule has 0 bridgehead atoms. The van der Waals surface area contributed by atoms with Crippen LogP contribution in [-0.4, -0.2) is 50.7 Å². The first-order chi connectivity index (χ1) is 12.7. The Hall–Kier alpha value is -2.38. The highest BCUT2D eigenvalue weighted by Gasteiger charge is 2.18. The zero-order valence-corrected chi connectivity index (χ0v) is 16.1. The summed E-state index contributed by atoms with van der Waals surface area (Å²) in [5.74, 6) is 0.679. The lowest BCUT2D eigenvalue weighted by atomic mass is 10.2. The third-order valence-corrected chi connectivity index (χ3v) is 4.43. The maximum atomic E-state index is 13.1. The first kappa shape index (κ1) is 20.9. The van der Waals surface area contributed by atoms with Gasteiger partial charge in [0.2, 0.25) is 5.91 Å². The molecule has 2 heterocycles. The molecule has 1 aliphatic heterocycles. The average molecular weight is 394 g/mol. The van der Waals surface area contributed by atoms with E-state index in [0.29, 0.717) is 13.1 Å². The third-order valence-electron chi connectivity index (χ3n) is 4.43. The summed E-state index contributed by atoms with van der Waals surface area (Å²) in [6.07, 6.45) is 1.78. The Bertz CT molecular complexity index is 735. The predicted molar refractivity (Wildman–Crippen MR) is 108 cm³/mol. The molecule has 0 radical (unpaired) electrons. The maximum Gasteiger partial charge on any atom is 0.234 e. The highest BCUT2D eigenvalue weighted by Crippen LogP contribution is 2.20. The molecule has 6 nitrogen and oxygen atoms in total. The Morgan fingerprint density at radius 2 is 1.78 bits per heavy atom. The van der Waals surface area contributed by atoms with Gasteiger partial charge in [-0.05, 0) is 49.0 Å². The van der Waals surface area contributed by atoms with E-state index in [0.717, 1.165) is 43.2 Å². The summed E-state index contributed by atoms with van der Waals surface area (Å²) in [5.41, 5.74) is 2.07. The van der Waals surface area contributed by atoms with E-state index in [-0.39, 0.29) is 24.1 Å². The van der Waals surface area contributed by atoms with Crippen LogP contribution in [0.1, 0.15) is 5.56 Å². The molecule has 0 saturated carbocycles. The second-order valence-electron chi connectivity index (χ2n) is 6.28. The van der Waals surface area contributed by atoms with E-state index in [1.54, 1.807) is 13.2 Å². The van der Waals surface area contributed by atoms with E-state index in [1.807, 2.05) is 24.3 Å². The van der Waals surface area contributed by atoms with E-state index in [2.05, 4.69) is 25.4 Å². The van der Waals surface area contributed by atoms with Gasteiger partial charge in [0.25, 0.3) is 0 Å².